The molecule has 0 fully saturated rings. The Bertz CT molecular complexity index is 432. The third kappa shape index (κ3) is 4.26. The third-order valence-corrected chi connectivity index (χ3v) is 1.83. The Labute approximate surface area is 100 Å². The van der Waals surface area contributed by atoms with E-state index in [0.29, 0.717) is 5.76 Å². The monoisotopic (exact) mass is 236 g/mol. The second-order valence-corrected chi connectivity index (χ2v) is 4.63. The highest BCUT2D eigenvalue weighted by molar-refractivity contribution is 6.19. The molecule has 0 spiro atoms. The van der Waals surface area contributed by atoms with E-state index in [1.165, 1.54) is 19.3 Å². The van der Waals surface area contributed by atoms with Crippen LogP contribution in [0.1, 0.15) is 33.5 Å². The van der Waals surface area contributed by atoms with Crippen molar-refractivity contribution in [2.45, 2.75) is 33.3 Å². The van der Waals surface area contributed by atoms with Crippen LogP contribution in [0.25, 0.3) is 6.08 Å². The first-order valence-electron chi connectivity index (χ1n) is 5.29. The van der Waals surface area contributed by atoms with Gasteiger partial charge in [-0.15, -0.1) is 0 Å². The van der Waals surface area contributed by atoms with Crippen molar-refractivity contribution in [2.24, 2.45) is 0 Å². The topological polar surface area (TPSA) is 56.5 Å². The second kappa shape index (κ2) is 4.99. The zero-order valence-electron chi connectivity index (χ0n) is 10.4. The van der Waals surface area contributed by atoms with Crippen LogP contribution in [0.15, 0.2) is 28.4 Å². The van der Waals surface area contributed by atoms with Crippen LogP contribution in [-0.4, -0.2) is 17.4 Å². The molecule has 0 saturated carbocycles. The minimum absolute atomic E-state index is 0.0186. The predicted octanol–water partition coefficient (Wildman–Crippen LogP) is 2.59. The van der Waals surface area contributed by atoms with E-state index in [4.69, 9.17) is 9.15 Å². The normalized spacial score (nSPS) is 12.4. The van der Waals surface area contributed by atoms with Gasteiger partial charge in [0.05, 0.1) is 6.26 Å². The maximum Gasteiger partial charge on any atom is 0.342 e. The molecule has 4 heteroatoms. The molecule has 0 aliphatic carbocycles. The van der Waals surface area contributed by atoms with Crippen molar-refractivity contribution in [1.29, 1.82) is 0 Å². The van der Waals surface area contributed by atoms with Crippen molar-refractivity contribution in [3.63, 3.8) is 0 Å². The molecule has 0 aromatic carbocycles. The number of carbonyl (C=O) groups excluding carboxylic acids is 2. The fourth-order valence-electron chi connectivity index (χ4n) is 1.15. The van der Waals surface area contributed by atoms with E-state index in [2.05, 4.69) is 0 Å². The number of furan rings is 1. The molecule has 0 aliphatic rings. The zero-order valence-corrected chi connectivity index (χ0v) is 10.4. The highest BCUT2D eigenvalue weighted by Crippen LogP contribution is 2.14. The van der Waals surface area contributed by atoms with Crippen LogP contribution < -0.4 is 0 Å². The second-order valence-electron chi connectivity index (χ2n) is 4.63. The van der Waals surface area contributed by atoms with Crippen molar-refractivity contribution in [3.05, 3.63) is 29.7 Å². The van der Waals surface area contributed by atoms with Crippen molar-refractivity contribution in [2.75, 3.05) is 0 Å². The smallest absolute Gasteiger partial charge is 0.342 e. The Kier molecular flexibility index (Phi) is 3.89. The first-order valence-corrected chi connectivity index (χ1v) is 5.29. The first-order chi connectivity index (χ1) is 7.79. The molecule has 0 saturated heterocycles. The highest BCUT2D eigenvalue weighted by atomic mass is 16.6. The standard InChI is InChI=1S/C13H16O4/c1-9(14)11(8-10-6-5-7-16-10)12(15)17-13(2,3)4/h5-8H,1-4H3/b11-8+. The van der Waals surface area contributed by atoms with Gasteiger partial charge in [0.1, 0.15) is 16.9 Å². The van der Waals surface area contributed by atoms with Gasteiger partial charge in [-0.05, 0) is 45.9 Å². The van der Waals surface area contributed by atoms with Gasteiger partial charge in [0, 0.05) is 0 Å². The molecule has 0 bridgehead atoms. The lowest BCUT2D eigenvalue weighted by Crippen LogP contribution is -2.26. The Morgan fingerprint density at radius 3 is 2.41 bits per heavy atom. The van der Waals surface area contributed by atoms with Gasteiger partial charge < -0.3 is 9.15 Å². The molecule has 0 unspecified atom stereocenters. The molecular formula is C13H16O4. The number of hydrogen-bond donors (Lipinski definition) is 0. The lowest BCUT2D eigenvalue weighted by Gasteiger charge is -2.19. The molecule has 1 heterocycles. The van der Waals surface area contributed by atoms with Crippen LogP contribution in [0.2, 0.25) is 0 Å². The fourth-order valence-corrected chi connectivity index (χ4v) is 1.15. The maximum absolute atomic E-state index is 11.8. The summed E-state index contributed by atoms with van der Waals surface area (Å²) in [6, 6.07) is 3.34. The minimum atomic E-state index is -0.638. The number of Topliss-reactive ketones (excluding diaryl/α,β-unsaturated/α-hetero) is 1. The molecule has 0 atom stereocenters. The van der Waals surface area contributed by atoms with E-state index in [-0.39, 0.29) is 11.4 Å². The maximum atomic E-state index is 11.8. The molecule has 1 rings (SSSR count). The van der Waals surface area contributed by atoms with Gasteiger partial charge in [-0.3, -0.25) is 4.79 Å². The van der Waals surface area contributed by atoms with Crippen LogP contribution in [-0.2, 0) is 14.3 Å². The van der Waals surface area contributed by atoms with Crippen LogP contribution in [0.5, 0.6) is 0 Å². The van der Waals surface area contributed by atoms with Gasteiger partial charge in [-0.25, -0.2) is 4.79 Å². The molecule has 1 aromatic heterocycles. The van der Waals surface area contributed by atoms with E-state index in [9.17, 15) is 9.59 Å². The number of hydrogen-bond acceptors (Lipinski definition) is 4. The van der Waals surface area contributed by atoms with Crippen LogP contribution in [0.3, 0.4) is 0 Å². The number of esters is 1. The first kappa shape index (κ1) is 13.2. The summed E-state index contributed by atoms with van der Waals surface area (Å²) in [5.74, 6) is -0.543. The van der Waals surface area contributed by atoms with Crippen LogP contribution >= 0.6 is 0 Å². The van der Waals surface area contributed by atoms with Crippen molar-refractivity contribution in [1.82, 2.24) is 0 Å². The SMILES string of the molecule is CC(=O)/C(=C\c1ccco1)C(=O)OC(C)(C)C. The van der Waals surface area contributed by atoms with E-state index in [1.807, 2.05) is 0 Å². The van der Waals surface area contributed by atoms with E-state index in [1.54, 1.807) is 32.9 Å². The van der Waals surface area contributed by atoms with Gasteiger partial charge in [0.25, 0.3) is 0 Å². The van der Waals surface area contributed by atoms with E-state index >= 15 is 0 Å². The summed E-state index contributed by atoms with van der Waals surface area (Å²) in [7, 11) is 0. The van der Waals surface area contributed by atoms with Crippen molar-refractivity contribution < 1.29 is 18.7 Å². The third-order valence-electron chi connectivity index (χ3n) is 1.83. The van der Waals surface area contributed by atoms with Crippen LogP contribution in [0.4, 0.5) is 0 Å². The molecule has 1 aromatic rings. The summed E-state index contributed by atoms with van der Waals surface area (Å²) in [6.07, 6.45) is 2.86. The average Bonchev–Trinajstić information content (AvgIpc) is 2.62. The summed E-state index contributed by atoms with van der Waals surface area (Å²) in [6.45, 7) is 6.55. The summed E-state index contributed by atoms with van der Waals surface area (Å²) in [5.41, 5.74) is -0.649. The quantitative estimate of drug-likeness (QED) is 0.350. The molecule has 4 nitrogen and oxygen atoms in total. The number of ether oxygens (including phenoxy) is 1. The Hall–Kier alpha value is -1.84. The van der Waals surface area contributed by atoms with E-state index < -0.39 is 11.6 Å². The molecule has 0 aliphatic heterocycles. The lowest BCUT2D eigenvalue weighted by molar-refractivity contribution is -0.150. The molecule has 0 N–H and O–H groups in total. The predicted molar refractivity (Wildman–Crippen MR) is 63.2 cm³/mol. The molecule has 17 heavy (non-hydrogen) atoms. The summed E-state index contributed by atoms with van der Waals surface area (Å²) in [5, 5.41) is 0. The highest BCUT2D eigenvalue weighted by Gasteiger charge is 2.22. The number of ketones is 1. The largest absolute Gasteiger partial charge is 0.465 e. The summed E-state index contributed by atoms with van der Waals surface area (Å²) < 4.78 is 10.2. The fraction of sp³-hybridized carbons (Fsp3) is 0.385. The number of rotatable bonds is 3. The Morgan fingerprint density at radius 2 is 2.00 bits per heavy atom. The Morgan fingerprint density at radius 1 is 1.35 bits per heavy atom. The molecule has 0 amide bonds. The number of carbonyl (C=O) groups is 2. The van der Waals surface area contributed by atoms with Gasteiger partial charge in [-0.2, -0.15) is 0 Å². The van der Waals surface area contributed by atoms with E-state index in [0.717, 1.165) is 0 Å². The van der Waals surface area contributed by atoms with Crippen molar-refractivity contribution in [3.8, 4) is 0 Å². The minimum Gasteiger partial charge on any atom is -0.465 e. The zero-order chi connectivity index (χ0) is 13.1. The lowest BCUT2D eigenvalue weighted by atomic mass is 10.1. The Balaban J connectivity index is 2.95. The molecular weight excluding hydrogens is 220 g/mol. The van der Waals surface area contributed by atoms with Gasteiger partial charge in [0.2, 0.25) is 0 Å². The molecule has 0 radical (unpaired) electrons. The summed E-state index contributed by atoms with van der Waals surface area (Å²) in [4.78, 5) is 23.2. The summed E-state index contributed by atoms with van der Waals surface area (Å²) >= 11 is 0. The van der Waals surface area contributed by atoms with Crippen molar-refractivity contribution >= 4 is 17.8 Å². The van der Waals surface area contributed by atoms with Crippen LogP contribution in [0, 0.1) is 0 Å². The average molecular weight is 236 g/mol. The van der Waals surface area contributed by atoms with Gasteiger partial charge in [-0.1, -0.05) is 0 Å². The van der Waals surface area contributed by atoms with Gasteiger partial charge >= 0.3 is 5.97 Å². The molecule has 92 valence electrons. The van der Waals surface area contributed by atoms with Gasteiger partial charge in [0.15, 0.2) is 5.78 Å².